The van der Waals surface area contributed by atoms with Crippen LogP contribution in [0.3, 0.4) is 0 Å². The topological polar surface area (TPSA) is 179 Å². The Morgan fingerprint density at radius 3 is 2.53 bits per heavy atom. The summed E-state index contributed by atoms with van der Waals surface area (Å²) in [5.41, 5.74) is -1.41. The number of carbonyl (C=O) groups is 3. The van der Waals surface area contributed by atoms with Gasteiger partial charge in [0, 0.05) is 17.2 Å². The van der Waals surface area contributed by atoms with Crippen LogP contribution in [0.25, 0.3) is 10.8 Å². The minimum Gasteiger partial charge on any atom is -0.507 e. The van der Waals surface area contributed by atoms with Gasteiger partial charge < -0.3 is 38.7 Å². The molecule has 0 radical (unpaired) electrons. The summed E-state index contributed by atoms with van der Waals surface area (Å²) in [5, 5.41) is 33.2. The average Bonchev–Trinajstić information content (AvgIpc) is 3.26. The number of phenolic OH excluding ortho intramolecular Hbond substituents is 2. The lowest BCUT2D eigenvalue weighted by Crippen LogP contribution is -2.45. The predicted octanol–water partition coefficient (Wildman–Crippen LogP) is 2.05. The zero-order valence-corrected chi connectivity index (χ0v) is 19.8. The lowest BCUT2D eigenvalue weighted by molar-refractivity contribution is -0.138. The quantitative estimate of drug-likeness (QED) is 0.330. The Morgan fingerprint density at radius 2 is 1.82 bits per heavy atom. The SMILES string of the molecule is COC(=O)c1cc2cc3c(cc2c(=O)o1)OC1(Cc2c(O)c4c(c(O)c2O1)C(=O)C(OC)=CC4=O)CC3O. The van der Waals surface area contributed by atoms with Crippen LogP contribution < -0.4 is 15.1 Å². The molecule has 3 aliphatic rings. The highest BCUT2D eigenvalue weighted by atomic mass is 16.7. The lowest BCUT2D eigenvalue weighted by Gasteiger charge is -2.37. The maximum atomic E-state index is 12.8. The molecule has 12 nitrogen and oxygen atoms in total. The molecule has 3 aromatic rings. The third-order valence-electron chi connectivity index (χ3n) is 6.85. The maximum Gasteiger partial charge on any atom is 0.374 e. The minimum absolute atomic E-state index is 0.00957. The van der Waals surface area contributed by atoms with E-state index in [1.54, 1.807) is 0 Å². The van der Waals surface area contributed by atoms with Gasteiger partial charge in [0.15, 0.2) is 23.0 Å². The maximum absolute atomic E-state index is 12.8. The van der Waals surface area contributed by atoms with Crippen LogP contribution in [-0.2, 0) is 15.9 Å². The Hall–Kier alpha value is -4.84. The van der Waals surface area contributed by atoms with Crippen molar-refractivity contribution in [1.29, 1.82) is 0 Å². The van der Waals surface area contributed by atoms with E-state index in [0.717, 1.165) is 13.2 Å². The van der Waals surface area contributed by atoms with Crippen molar-refractivity contribution in [2.24, 2.45) is 0 Å². The van der Waals surface area contributed by atoms with E-state index in [-0.39, 0.29) is 52.4 Å². The molecule has 3 N–H and O–H groups in total. The van der Waals surface area contributed by atoms with Crippen LogP contribution in [0.15, 0.2) is 39.2 Å². The van der Waals surface area contributed by atoms with Crippen molar-refractivity contribution in [2.75, 3.05) is 14.2 Å². The number of aliphatic hydroxyl groups is 1. The highest BCUT2D eigenvalue weighted by Gasteiger charge is 2.51. The number of phenols is 2. The first-order valence-corrected chi connectivity index (χ1v) is 11.3. The van der Waals surface area contributed by atoms with Gasteiger partial charge in [0.2, 0.25) is 11.5 Å². The molecule has 6 rings (SSSR count). The molecule has 2 atom stereocenters. The molecule has 0 fully saturated rings. The van der Waals surface area contributed by atoms with Crippen LogP contribution in [-0.4, -0.2) is 52.9 Å². The summed E-state index contributed by atoms with van der Waals surface area (Å²) < 4.78 is 26.5. The fourth-order valence-corrected chi connectivity index (χ4v) is 5.11. The molecule has 38 heavy (non-hydrogen) atoms. The van der Waals surface area contributed by atoms with Gasteiger partial charge in [-0.25, -0.2) is 9.59 Å². The third-order valence-corrected chi connectivity index (χ3v) is 6.85. The Bertz CT molecular complexity index is 1710. The molecule has 1 aromatic heterocycles. The van der Waals surface area contributed by atoms with Crippen molar-refractivity contribution in [3.63, 3.8) is 0 Å². The summed E-state index contributed by atoms with van der Waals surface area (Å²) in [6, 6.07) is 4.09. The zero-order valence-electron chi connectivity index (χ0n) is 19.8. The summed E-state index contributed by atoms with van der Waals surface area (Å²) >= 11 is 0. The van der Waals surface area contributed by atoms with Crippen molar-refractivity contribution in [1.82, 2.24) is 0 Å². The van der Waals surface area contributed by atoms with E-state index in [2.05, 4.69) is 4.74 Å². The van der Waals surface area contributed by atoms with E-state index >= 15 is 0 Å². The molecule has 1 aliphatic carbocycles. The Kier molecular flexibility index (Phi) is 4.85. The fourth-order valence-electron chi connectivity index (χ4n) is 5.11. The Morgan fingerprint density at radius 1 is 1.05 bits per heavy atom. The van der Waals surface area contributed by atoms with Gasteiger partial charge in [-0.05, 0) is 23.6 Å². The number of hydrogen-bond donors (Lipinski definition) is 3. The van der Waals surface area contributed by atoms with Gasteiger partial charge in [-0.15, -0.1) is 0 Å². The van der Waals surface area contributed by atoms with E-state index in [0.29, 0.717) is 5.39 Å². The van der Waals surface area contributed by atoms with E-state index in [1.165, 1.54) is 25.3 Å². The van der Waals surface area contributed by atoms with Crippen molar-refractivity contribution >= 4 is 28.3 Å². The fraction of sp³-hybridized carbons (Fsp3) is 0.231. The number of hydrogen-bond acceptors (Lipinski definition) is 12. The highest BCUT2D eigenvalue weighted by Crippen LogP contribution is 2.55. The molecule has 2 unspecified atom stereocenters. The number of rotatable bonds is 2. The summed E-state index contributed by atoms with van der Waals surface area (Å²) in [6.45, 7) is 0. The van der Waals surface area contributed by atoms with Crippen molar-refractivity contribution in [3.8, 4) is 23.0 Å². The molecule has 194 valence electrons. The second-order valence-corrected chi connectivity index (χ2v) is 9.04. The number of ketones is 2. The smallest absolute Gasteiger partial charge is 0.374 e. The normalized spacial score (nSPS) is 21.2. The van der Waals surface area contributed by atoms with E-state index in [1.807, 2.05) is 0 Å². The first-order valence-electron chi connectivity index (χ1n) is 11.3. The second-order valence-electron chi connectivity index (χ2n) is 9.04. The van der Waals surface area contributed by atoms with Gasteiger partial charge in [0.05, 0.1) is 49.7 Å². The van der Waals surface area contributed by atoms with Gasteiger partial charge in [0.25, 0.3) is 5.79 Å². The molecule has 0 bridgehead atoms. The molecule has 0 saturated heterocycles. The Labute approximate surface area is 212 Å². The number of benzene rings is 2. The van der Waals surface area contributed by atoms with Crippen LogP contribution in [0, 0.1) is 0 Å². The first kappa shape index (κ1) is 23.6. The van der Waals surface area contributed by atoms with Crippen molar-refractivity contribution in [2.45, 2.75) is 24.7 Å². The minimum atomic E-state index is -1.66. The van der Waals surface area contributed by atoms with Crippen molar-refractivity contribution in [3.05, 3.63) is 68.5 Å². The van der Waals surface area contributed by atoms with Gasteiger partial charge in [-0.2, -0.15) is 0 Å². The molecule has 12 heteroatoms. The highest BCUT2D eigenvalue weighted by molar-refractivity contribution is 6.26. The number of methoxy groups -OCH3 is 2. The summed E-state index contributed by atoms with van der Waals surface area (Å²) in [5.74, 6) is -6.15. The third kappa shape index (κ3) is 3.13. The summed E-state index contributed by atoms with van der Waals surface area (Å²) in [4.78, 5) is 49.8. The number of esters is 1. The second kappa shape index (κ2) is 7.83. The van der Waals surface area contributed by atoms with E-state index in [9.17, 15) is 34.5 Å². The number of allylic oxidation sites excluding steroid dienone is 2. The van der Waals surface area contributed by atoms with Gasteiger partial charge in [0.1, 0.15) is 11.5 Å². The van der Waals surface area contributed by atoms with Crippen molar-refractivity contribution < 1.29 is 53.1 Å². The molecule has 2 aliphatic heterocycles. The summed E-state index contributed by atoms with van der Waals surface area (Å²) in [7, 11) is 2.33. The van der Waals surface area contributed by atoms with Crippen LogP contribution in [0.2, 0.25) is 0 Å². The number of carbonyl (C=O) groups excluding carboxylic acids is 3. The van der Waals surface area contributed by atoms with Gasteiger partial charge in [-0.3, -0.25) is 9.59 Å². The van der Waals surface area contributed by atoms with Crippen LogP contribution in [0.5, 0.6) is 23.0 Å². The average molecular weight is 522 g/mol. The number of fused-ring (bicyclic) bond motifs is 4. The van der Waals surface area contributed by atoms with E-state index in [4.69, 9.17) is 18.6 Å². The van der Waals surface area contributed by atoms with Crippen LogP contribution in [0.1, 0.15) is 54.9 Å². The lowest BCUT2D eigenvalue weighted by atomic mass is 9.87. The molecular formula is C26H18O12. The largest absolute Gasteiger partial charge is 0.507 e. The predicted molar refractivity (Wildman–Crippen MR) is 125 cm³/mol. The van der Waals surface area contributed by atoms with Gasteiger partial charge >= 0.3 is 11.6 Å². The van der Waals surface area contributed by atoms with Crippen LogP contribution >= 0.6 is 0 Å². The van der Waals surface area contributed by atoms with Gasteiger partial charge in [-0.1, -0.05) is 0 Å². The standard InChI is InChI=1S/C26H18O12/c1-34-16-6-13(27)18-19(21(16)30)22(31)23-12(20(18)29)7-26(38-23)8-14(28)11-3-9-4-17(25(33)35-2)36-24(32)10(9)5-15(11)37-26/h3-6,14,28-29,31H,7-8H2,1-2H3. The molecular weight excluding hydrogens is 504 g/mol. The summed E-state index contributed by atoms with van der Waals surface area (Å²) in [6.07, 6.45) is -0.670. The zero-order chi connectivity index (χ0) is 27.1. The monoisotopic (exact) mass is 522 g/mol. The molecule has 0 saturated carbocycles. The molecule has 1 spiro atoms. The van der Waals surface area contributed by atoms with E-state index < -0.39 is 57.7 Å². The number of aromatic hydroxyl groups is 2. The number of ether oxygens (including phenoxy) is 4. The number of aliphatic hydroxyl groups excluding tert-OH is 1. The first-order chi connectivity index (χ1) is 18.1. The molecule has 3 heterocycles. The Balaban J connectivity index is 1.44. The van der Waals surface area contributed by atoms with Crippen LogP contribution in [0.4, 0.5) is 0 Å². The molecule has 2 aromatic carbocycles. The number of Topliss-reactive ketones (excluding diaryl/α,β-unsaturated/α-hetero) is 1. The molecule has 0 amide bonds.